The van der Waals surface area contributed by atoms with Gasteiger partial charge in [-0.2, -0.15) is 0 Å². The molecule has 0 unspecified atom stereocenters. The van der Waals surface area contributed by atoms with Crippen LogP contribution in [0.15, 0.2) is 42.5 Å². The fourth-order valence-electron chi connectivity index (χ4n) is 3.38. The highest BCUT2D eigenvalue weighted by Gasteiger charge is 2.18. The molecule has 0 aromatic heterocycles. The van der Waals surface area contributed by atoms with Crippen molar-refractivity contribution in [1.29, 1.82) is 0 Å². The second-order valence-corrected chi connectivity index (χ2v) is 7.10. The fraction of sp³-hybridized carbons (Fsp3) is 0.409. The van der Waals surface area contributed by atoms with E-state index in [1.165, 1.54) is 6.07 Å². The number of carbonyl (C=O) groups excluding carboxylic acids is 1. The van der Waals surface area contributed by atoms with E-state index in [1.54, 1.807) is 20.1 Å². The predicted octanol–water partition coefficient (Wildman–Crippen LogP) is 4.32. The summed E-state index contributed by atoms with van der Waals surface area (Å²) in [5, 5.41) is 2.91. The largest absolute Gasteiger partial charge is 0.381 e. The van der Waals surface area contributed by atoms with E-state index >= 15 is 0 Å². The normalized spacial score (nSPS) is 15.0. The van der Waals surface area contributed by atoms with Gasteiger partial charge < -0.3 is 15.0 Å². The van der Waals surface area contributed by atoms with Gasteiger partial charge in [-0.1, -0.05) is 12.1 Å². The number of nitrogens with zero attached hydrogens (tertiary/aromatic N) is 1. The number of aryl methyl sites for hydroxylation is 2. The van der Waals surface area contributed by atoms with Crippen molar-refractivity contribution >= 4 is 17.3 Å². The summed E-state index contributed by atoms with van der Waals surface area (Å²) in [7, 11) is 1.77. The van der Waals surface area contributed by atoms with Crippen LogP contribution in [0.5, 0.6) is 0 Å². The van der Waals surface area contributed by atoms with Crippen molar-refractivity contribution in [2.24, 2.45) is 0 Å². The molecule has 1 amide bonds. The molecule has 1 aliphatic heterocycles. The van der Waals surface area contributed by atoms with Gasteiger partial charge in [0.25, 0.3) is 0 Å². The molecule has 0 spiro atoms. The van der Waals surface area contributed by atoms with E-state index in [9.17, 15) is 9.18 Å². The Morgan fingerprint density at radius 3 is 2.52 bits per heavy atom. The number of carbonyl (C=O) groups is 1. The Balaban J connectivity index is 1.49. The summed E-state index contributed by atoms with van der Waals surface area (Å²) in [6.45, 7) is 3.70. The number of piperidine rings is 1. The minimum absolute atomic E-state index is 0.0651. The van der Waals surface area contributed by atoms with Gasteiger partial charge in [0, 0.05) is 38.0 Å². The third kappa shape index (κ3) is 5.30. The van der Waals surface area contributed by atoms with Crippen LogP contribution < -0.4 is 10.2 Å². The Morgan fingerprint density at radius 1 is 1.19 bits per heavy atom. The lowest BCUT2D eigenvalue weighted by Crippen LogP contribution is -2.36. The SMILES string of the molecule is COC1CCN(c2ccc(NC(=O)CCc3ccc(C)c(F)c3)cc2)CC1. The summed E-state index contributed by atoms with van der Waals surface area (Å²) in [6, 6.07) is 13.1. The maximum atomic E-state index is 13.6. The van der Waals surface area contributed by atoms with Gasteiger partial charge in [0.15, 0.2) is 0 Å². The smallest absolute Gasteiger partial charge is 0.224 e. The van der Waals surface area contributed by atoms with Crippen LogP contribution in [0.1, 0.15) is 30.4 Å². The number of methoxy groups -OCH3 is 1. The van der Waals surface area contributed by atoms with E-state index in [-0.39, 0.29) is 11.7 Å². The Morgan fingerprint density at radius 2 is 1.89 bits per heavy atom. The van der Waals surface area contributed by atoms with Crippen LogP contribution in [0.25, 0.3) is 0 Å². The number of anilines is 2. The van der Waals surface area contributed by atoms with Gasteiger partial charge in [0.05, 0.1) is 6.10 Å². The summed E-state index contributed by atoms with van der Waals surface area (Å²) in [6.07, 6.45) is 3.29. The van der Waals surface area contributed by atoms with Gasteiger partial charge in [0.2, 0.25) is 5.91 Å². The summed E-state index contributed by atoms with van der Waals surface area (Å²) in [5.41, 5.74) is 3.40. The summed E-state index contributed by atoms with van der Waals surface area (Å²) >= 11 is 0. The first kappa shape index (κ1) is 19.4. The second kappa shape index (κ2) is 9.00. The lowest BCUT2D eigenvalue weighted by molar-refractivity contribution is -0.116. The molecule has 1 aliphatic rings. The van der Waals surface area contributed by atoms with E-state index in [0.29, 0.717) is 24.5 Å². The third-order valence-corrected chi connectivity index (χ3v) is 5.17. The molecule has 0 atom stereocenters. The molecule has 4 nitrogen and oxygen atoms in total. The van der Waals surface area contributed by atoms with Crippen LogP contribution in [0.3, 0.4) is 0 Å². The van der Waals surface area contributed by atoms with Crippen LogP contribution in [-0.2, 0) is 16.0 Å². The van der Waals surface area contributed by atoms with Gasteiger partial charge in [0.1, 0.15) is 5.82 Å². The summed E-state index contributed by atoms with van der Waals surface area (Å²) in [5.74, 6) is -0.289. The van der Waals surface area contributed by atoms with Crippen molar-refractivity contribution in [1.82, 2.24) is 0 Å². The molecule has 1 saturated heterocycles. The molecule has 144 valence electrons. The van der Waals surface area contributed by atoms with Gasteiger partial charge >= 0.3 is 0 Å². The first-order valence-electron chi connectivity index (χ1n) is 9.48. The molecular formula is C22H27FN2O2. The zero-order valence-corrected chi connectivity index (χ0v) is 16.0. The molecular weight excluding hydrogens is 343 g/mol. The van der Waals surface area contributed by atoms with Gasteiger partial charge in [-0.3, -0.25) is 4.79 Å². The monoisotopic (exact) mass is 370 g/mol. The van der Waals surface area contributed by atoms with Crippen LogP contribution in [0, 0.1) is 12.7 Å². The quantitative estimate of drug-likeness (QED) is 0.823. The topological polar surface area (TPSA) is 41.6 Å². The lowest BCUT2D eigenvalue weighted by atomic mass is 10.1. The molecule has 1 fully saturated rings. The number of amides is 1. The fourth-order valence-corrected chi connectivity index (χ4v) is 3.38. The number of ether oxygens (including phenoxy) is 1. The van der Waals surface area contributed by atoms with Crippen LogP contribution in [0.2, 0.25) is 0 Å². The van der Waals surface area contributed by atoms with Crippen molar-refractivity contribution in [3.05, 3.63) is 59.4 Å². The molecule has 3 rings (SSSR count). The molecule has 5 heteroatoms. The molecule has 1 heterocycles. The van der Waals surface area contributed by atoms with Crippen LogP contribution in [-0.4, -0.2) is 32.2 Å². The zero-order valence-electron chi connectivity index (χ0n) is 16.0. The predicted molar refractivity (Wildman–Crippen MR) is 107 cm³/mol. The summed E-state index contributed by atoms with van der Waals surface area (Å²) < 4.78 is 19.0. The Kier molecular flexibility index (Phi) is 6.45. The minimum atomic E-state index is -0.224. The molecule has 1 N–H and O–H groups in total. The number of halogens is 1. The Labute approximate surface area is 160 Å². The van der Waals surface area contributed by atoms with E-state index in [4.69, 9.17) is 4.74 Å². The van der Waals surface area contributed by atoms with Crippen molar-refractivity contribution in [2.45, 2.75) is 38.7 Å². The van der Waals surface area contributed by atoms with Crippen LogP contribution in [0.4, 0.5) is 15.8 Å². The van der Waals surface area contributed by atoms with E-state index in [2.05, 4.69) is 10.2 Å². The Hall–Kier alpha value is -2.40. The maximum Gasteiger partial charge on any atom is 0.224 e. The molecule has 0 aliphatic carbocycles. The standard InChI is InChI=1S/C22H27FN2O2/c1-16-3-4-17(15-21(16)23)5-10-22(26)24-18-6-8-19(9-7-18)25-13-11-20(27-2)12-14-25/h3-4,6-9,15,20H,5,10-14H2,1-2H3,(H,24,26). The van der Waals surface area contributed by atoms with Crippen molar-refractivity contribution in [3.63, 3.8) is 0 Å². The van der Waals surface area contributed by atoms with E-state index < -0.39 is 0 Å². The molecule has 0 saturated carbocycles. The van der Waals surface area contributed by atoms with Gasteiger partial charge in [-0.25, -0.2) is 4.39 Å². The number of hydrogen-bond acceptors (Lipinski definition) is 3. The second-order valence-electron chi connectivity index (χ2n) is 7.10. The molecule has 0 bridgehead atoms. The minimum Gasteiger partial charge on any atom is -0.381 e. The molecule has 2 aromatic carbocycles. The average Bonchev–Trinajstić information content (AvgIpc) is 2.69. The lowest BCUT2D eigenvalue weighted by Gasteiger charge is -2.33. The first-order chi connectivity index (χ1) is 13.0. The number of hydrogen-bond donors (Lipinski definition) is 1. The van der Waals surface area contributed by atoms with Crippen molar-refractivity contribution in [2.75, 3.05) is 30.4 Å². The number of rotatable bonds is 6. The van der Waals surface area contributed by atoms with Crippen molar-refractivity contribution < 1.29 is 13.9 Å². The number of benzene rings is 2. The van der Waals surface area contributed by atoms with Crippen molar-refractivity contribution in [3.8, 4) is 0 Å². The molecule has 2 aromatic rings. The van der Waals surface area contributed by atoms with E-state index in [1.807, 2.05) is 30.3 Å². The Bertz CT molecular complexity index is 768. The van der Waals surface area contributed by atoms with Gasteiger partial charge in [-0.15, -0.1) is 0 Å². The highest BCUT2D eigenvalue weighted by atomic mass is 19.1. The number of nitrogens with one attached hydrogen (secondary N) is 1. The highest BCUT2D eigenvalue weighted by Crippen LogP contribution is 2.23. The maximum absolute atomic E-state index is 13.6. The zero-order chi connectivity index (χ0) is 19.2. The average molecular weight is 370 g/mol. The highest BCUT2D eigenvalue weighted by molar-refractivity contribution is 5.91. The molecule has 0 radical (unpaired) electrons. The first-order valence-corrected chi connectivity index (χ1v) is 9.48. The third-order valence-electron chi connectivity index (χ3n) is 5.17. The van der Waals surface area contributed by atoms with Gasteiger partial charge in [-0.05, 0) is 67.6 Å². The van der Waals surface area contributed by atoms with Crippen LogP contribution >= 0.6 is 0 Å². The summed E-state index contributed by atoms with van der Waals surface area (Å²) in [4.78, 5) is 14.5. The molecule has 27 heavy (non-hydrogen) atoms. The van der Waals surface area contributed by atoms with E-state index in [0.717, 1.165) is 42.9 Å².